The number of aliphatic hydroxyl groups is 2. The van der Waals surface area contributed by atoms with Gasteiger partial charge in [-0.25, -0.2) is 4.98 Å². The highest BCUT2D eigenvalue weighted by Gasteiger charge is 2.46. The Morgan fingerprint density at radius 3 is 2.81 bits per heavy atom. The molecular formula is C17H19N7O3. The summed E-state index contributed by atoms with van der Waals surface area (Å²) in [7, 11) is 0. The van der Waals surface area contributed by atoms with Crippen LogP contribution >= 0.6 is 0 Å². The van der Waals surface area contributed by atoms with E-state index in [2.05, 4.69) is 20.4 Å². The van der Waals surface area contributed by atoms with Crippen LogP contribution in [0.25, 0.3) is 0 Å². The SMILES string of the molecule is N#C[C@@]1(O)CCN(c2ccnc(Nc3cnn(C4(CO)CCC4)c3)n2)C1=O. The second kappa shape index (κ2) is 6.29. The Balaban J connectivity index is 1.52. The largest absolute Gasteiger partial charge is 0.394 e. The van der Waals surface area contributed by atoms with Crippen LogP contribution in [0.1, 0.15) is 25.7 Å². The predicted molar refractivity (Wildman–Crippen MR) is 94.0 cm³/mol. The first-order chi connectivity index (χ1) is 13.0. The minimum Gasteiger partial charge on any atom is -0.394 e. The summed E-state index contributed by atoms with van der Waals surface area (Å²) in [6.07, 6.45) is 7.78. The summed E-state index contributed by atoms with van der Waals surface area (Å²) in [6, 6.07) is 3.20. The van der Waals surface area contributed by atoms with Crippen LogP contribution in [0.2, 0.25) is 0 Å². The number of aromatic nitrogens is 4. The lowest BCUT2D eigenvalue weighted by atomic mass is 9.77. The zero-order valence-electron chi connectivity index (χ0n) is 14.5. The molecule has 140 valence electrons. The third-order valence-corrected chi connectivity index (χ3v) is 5.30. The molecule has 0 unspecified atom stereocenters. The molecule has 1 aliphatic carbocycles. The van der Waals surface area contributed by atoms with Gasteiger partial charge in [0.05, 0.1) is 24.0 Å². The van der Waals surface area contributed by atoms with Gasteiger partial charge in [0, 0.05) is 25.4 Å². The Hall–Kier alpha value is -3.03. The van der Waals surface area contributed by atoms with E-state index in [1.165, 1.54) is 11.1 Å². The van der Waals surface area contributed by atoms with Crippen LogP contribution in [0.4, 0.5) is 17.5 Å². The van der Waals surface area contributed by atoms with Crippen LogP contribution in [0.5, 0.6) is 0 Å². The van der Waals surface area contributed by atoms with Gasteiger partial charge in [0.15, 0.2) is 0 Å². The standard InChI is InChI=1S/C17H19N7O3/c18-10-17(27)5-7-23(14(17)26)13-2-6-19-15(22-13)21-12-8-20-24(9-12)16(11-25)3-1-4-16/h2,6,8-9,25,27H,1,3-5,7,11H2,(H,19,21,22)/t17-/m0/s1. The Morgan fingerprint density at radius 2 is 2.19 bits per heavy atom. The average Bonchev–Trinajstić information content (AvgIpc) is 3.21. The first-order valence-electron chi connectivity index (χ1n) is 8.71. The number of nitrogens with one attached hydrogen (secondary N) is 1. The normalized spacial score (nSPS) is 23.7. The Kier molecular flexibility index (Phi) is 4.05. The third-order valence-electron chi connectivity index (χ3n) is 5.30. The number of nitrogens with zero attached hydrogens (tertiary/aromatic N) is 6. The van der Waals surface area contributed by atoms with Crippen LogP contribution in [0.15, 0.2) is 24.7 Å². The number of anilines is 3. The van der Waals surface area contributed by atoms with E-state index in [0.29, 0.717) is 11.5 Å². The highest BCUT2D eigenvalue weighted by atomic mass is 16.3. The van der Waals surface area contributed by atoms with Gasteiger partial charge in [0.1, 0.15) is 11.9 Å². The minimum absolute atomic E-state index is 0.0328. The van der Waals surface area contributed by atoms with E-state index in [1.807, 2.05) is 0 Å². The van der Waals surface area contributed by atoms with Gasteiger partial charge in [-0.1, -0.05) is 0 Å². The molecule has 0 bridgehead atoms. The fraction of sp³-hybridized carbons (Fsp3) is 0.471. The molecule has 3 N–H and O–H groups in total. The van der Waals surface area contributed by atoms with Gasteiger partial charge in [-0.3, -0.25) is 14.4 Å². The summed E-state index contributed by atoms with van der Waals surface area (Å²) < 4.78 is 1.76. The molecule has 27 heavy (non-hydrogen) atoms. The highest BCUT2D eigenvalue weighted by molar-refractivity contribution is 6.03. The van der Waals surface area contributed by atoms with Crippen molar-refractivity contribution in [3.8, 4) is 6.07 Å². The molecule has 2 aromatic rings. The van der Waals surface area contributed by atoms with Gasteiger partial charge in [-0.05, 0) is 25.3 Å². The van der Waals surface area contributed by atoms with Crippen molar-refractivity contribution in [3.63, 3.8) is 0 Å². The first-order valence-corrected chi connectivity index (χ1v) is 8.71. The van der Waals surface area contributed by atoms with Gasteiger partial charge in [-0.2, -0.15) is 15.3 Å². The molecular weight excluding hydrogens is 350 g/mol. The first kappa shape index (κ1) is 17.4. The Morgan fingerprint density at radius 1 is 1.37 bits per heavy atom. The maximum atomic E-state index is 12.3. The molecule has 1 saturated heterocycles. The van der Waals surface area contributed by atoms with Crippen molar-refractivity contribution in [1.82, 2.24) is 19.7 Å². The molecule has 1 saturated carbocycles. The number of carbonyl (C=O) groups excluding carboxylic acids is 1. The number of nitriles is 1. The molecule has 10 nitrogen and oxygen atoms in total. The van der Waals surface area contributed by atoms with Gasteiger partial charge < -0.3 is 15.5 Å². The van der Waals surface area contributed by atoms with E-state index < -0.39 is 11.5 Å². The second-order valence-corrected chi connectivity index (χ2v) is 6.95. The molecule has 2 aliphatic rings. The lowest BCUT2D eigenvalue weighted by Gasteiger charge is -2.40. The number of hydrogen-bond donors (Lipinski definition) is 3. The van der Waals surface area contributed by atoms with E-state index >= 15 is 0 Å². The van der Waals surface area contributed by atoms with Crippen molar-refractivity contribution in [2.75, 3.05) is 23.4 Å². The van der Waals surface area contributed by atoms with Crippen molar-refractivity contribution in [1.29, 1.82) is 5.26 Å². The quantitative estimate of drug-likeness (QED) is 0.638. The fourth-order valence-corrected chi connectivity index (χ4v) is 3.41. The molecule has 0 radical (unpaired) electrons. The van der Waals surface area contributed by atoms with Gasteiger partial charge in [-0.15, -0.1) is 0 Å². The van der Waals surface area contributed by atoms with Crippen molar-refractivity contribution < 1.29 is 15.0 Å². The molecule has 2 fully saturated rings. The summed E-state index contributed by atoms with van der Waals surface area (Å²) in [5, 5.41) is 36.0. The topological polar surface area (TPSA) is 140 Å². The van der Waals surface area contributed by atoms with Gasteiger partial charge in [0.25, 0.3) is 5.91 Å². The average molecular weight is 369 g/mol. The number of hydrogen-bond acceptors (Lipinski definition) is 8. The minimum atomic E-state index is -2.00. The lowest BCUT2D eigenvalue weighted by molar-refractivity contribution is -0.128. The monoisotopic (exact) mass is 369 g/mol. The molecule has 1 atom stereocenters. The van der Waals surface area contributed by atoms with E-state index in [-0.39, 0.29) is 31.1 Å². The van der Waals surface area contributed by atoms with Crippen molar-refractivity contribution >= 4 is 23.4 Å². The van der Waals surface area contributed by atoms with Gasteiger partial charge in [0.2, 0.25) is 11.5 Å². The smallest absolute Gasteiger partial charge is 0.275 e. The summed E-state index contributed by atoms with van der Waals surface area (Å²) in [5.74, 6) is -0.113. The molecule has 4 rings (SSSR count). The number of carbonyl (C=O) groups is 1. The number of amides is 1. The summed E-state index contributed by atoms with van der Waals surface area (Å²) in [6.45, 7) is 0.245. The van der Waals surface area contributed by atoms with Crippen LogP contribution in [-0.4, -0.2) is 54.6 Å². The highest BCUT2D eigenvalue weighted by Crippen LogP contribution is 2.38. The van der Waals surface area contributed by atoms with Crippen LogP contribution in [0, 0.1) is 11.3 Å². The summed E-state index contributed by atoms with van der Waals surface area (Å²) in [4.78, 5) is 22.0. The zero-order chi connectivity index (χ0) is 19.1. The Bertz CT molecular complexity index is 912. The summed E-state index contributed by atoms with van der Waals surface area (Å²) in [5.41, 5.74) is -1.67. The van der Waals surface area contributed by atoms with Crippen molar-refractivity contribution in [2.45, 2.75) is 36.8 Å². The molecule has 2 aromatic heterocycles. The van der Waals surface area contributed by atoms with Crippen molar-refractivity contribution in [3.05, 3.63) is 24.7 Å². The zero-order valence-corrected chi connectivity index (χ0v) is 14.5. The van der Waals surface area contributed by atoms with E-state index in [4.69, 9.17) is 5.26 Å². The molecule has 1 amide bonds. The van der Waals surface area contributed by atoms with Crippen LogP contribution in [-0.2, 0) is 10.3 Å². The van der Waals surface area contributed by atoms with Crippen LogP contribution in [0.3, 0.4) is 0 Å². The molecule has 0 spiro atoms. The number of aliphatic hydroxyl groups excluding tert-OH is 1. The fourth-order valence-electron chi connectivity index (χ4n) is 3.41. The predicted octanol–water partition coefficient (Wildman–Crippen LogP) is 0.280. The third kappa shape index (κ3) is 2.81. The van der Waals surface area contributed by atoms with E-state index in [9.17, 15) is 15.0 Å². The maximum absolute atomic E-state index is 12.3. The van der Waals surface area contributed by atoms with E-state index in [1.54, 1.807) is 29.2 Å². The van der Waals surface area contributed by atoms with Crippen LogP contribution < -0.4 is 10.2 Å². The Labute approximate surface area is 155 Å². The molecule has 3 heterocycles. The molecule has 0 aromatic carbocycles. The summed E-state index contributed by atoms with van der Waals surface area (Å²) >= 11 is 0. The lowest BCUT2D eigenvalue weighted by Crippen LogP contribution is -2.44. The second-order valence-electron chi connectivity index (χ2n) is 6.95. The maximum Gasteiger partial charge on any atom is 0.275 e. The number of rotatable bonds is 5. The van der Waals surface area contributed by atoms with E-state index in [0.717, 1.165) is 19.3 Å². The van der Waals surface area contributed by atoms with Gasteiger partial charge >= 0.3 is 0 Å². The molecule has 1 aliphatic heterocycles. The molecule has 10 heteroatoms. The van der Waals surface area contributed by atoms with Crippen molar-refractivity contribution in [2.24, 2.45) is 0 Å².